The molecule has 0 bridgehead atoms. The number of nitrogens with zero attached hydrogens (tertiary/aromatic N) is 2. The monoisotopic (exact) mass is 286 g/mol. The molecule has 20 heavy (non-hydrogen) atoms. The first kappa shape index (κ1) is 14.2. The number of carbonyl (C=O) groups is 1. The number of thiazole rings is 1. The summed E-state index contributed by atoms with van der Waals surface area (Å²) in [5.41, 5.74) is 0.673. The van der Waals surface area contributed by atoms with E-state index < -0.39 is 5.92 Å². The highest BCUT2D eigenvalue weighted by molar-refractivity contribution is 7.13. The number of Topliss-reactive ketones (excluding diaryl/α,β-unsaturated/α-hetero) is 1. The summed E-state index contributed by atoms with van der Waals surface area (Å²) < 4.78 is 5.35. The van der Waals surface area contributed by atoms with Crippen LogP contribution < -0.4 is 4.74 Å². The van der Waals surface area contributed by atoms with Crippen LogP contribution in [-0.4, -0.2) is 17.4 Å². The standard InChI is InChI=1S/C15H14N2O2S/c1-3-19-12-6-4-11(5-7-12)13(8-16)15(18)14-9-17-10(2)20-14/h4-7,9,13H,3H2,1-2H3. The average Bonchev–Trinajstić information content (AvgIpc) is 2.88. The van der Waals surface area contributed by atoms with Crippen LogP contribution in [0.4, 0.5) is 0 Å². The number of nitriles is 1. The molecular weight excluding hydrogens is 272 g/mol. The van der Waals surface area contributed by atoms with Crippen molar-refractivity contribution in [2.45, 2.75) is 19.8 Å². The van der Waals surface area contributed by atoms with Gasteiger partial charge in [-0.05, 0) is 31.5 Å². The van der Waals surface area contributed by atoms with E-state index in [1.54, 1.807) is 24.3 Å². The Bertz CT molecular complexity index is 641. The second-order valence-corrected chi connectivity index (χ2v) is 5.41. The van der Waals surface area contributed by atoms with Crippen molar-refractivity contribution in [2.75, 3.05) is 6.61 Å². The quantitative estimate of drug-likeness (QED) is 0.791. The molecule has 4 nitrogen and oxygen atoms in total. The van der Waals surface area contributed by atoms with Gasteiger partial charge < -0.3 is 4.74 Å². The van der Waals surface area contributed by atoms with Crippen LogP contribution in [-0.2, 0) is 0 Å². The Balaban J connectivity index is 2.24. The first-order valence-corrected chi connectivity index (χ1v) is 7.06. The molecule has 5 heteroatoms. The van der Waals surface area contributed by atoms with Crippen molar-refractivity contribution in [3.05, 3.63) is 45.9 Å². The van der Waals surface area contributed by atoms with E-state index in [0.29, 0.717) is 17.0 Å². The normalized spacial score (nSPS) is 11.7. The zero-order valence-corrected chi connectivity index (χ0v) is 12.1. The van der Waals surface area contributed by atoms with Crippen molar-refractivity contribution in [1.82, 2.24) is 4.98 Å². The number of aryl methyl sites for hydroxylation is 1. The van der Waals surface area contributed by atoms with Gasteiger partial charge in [-0.15, -0.1) is 11.3 Å². The van der Waals surface area contributed by atoms with E-state index in [1.165, 1.54) is 17.5 Å². The van der Waals surface area contributed by atoms with Crippen molar-refractivity contribution in [3.63, 3.8) is 0 Å². The van der Waals surface area contributed by atoms with E-state index in [0.717, 1.165) is 10.8 Å². The Labute approximate surface area is 121 Å². The van der Waals surface area contributed by atoms with Crippen LogP contribution in [0, 0.1) is 18.3 Å². The average molecular weight is 286 g/mol. The van der Waals surface area contributed by atoms with Gasteiger partial charge in [0.25, 0.3) is 0 Å². The number of carbonyl (C=O) groups excluding carboxylic acids is 1. The summed E-state index contributed by atoms with van der Waals surface area (Å²) in [5, 5.41) is 10.1. The molecule has 0 N–H and O–H groups in total. The van der Waals surface area contributed by atoms with Crippen LogP contribution in [0.3, 0.4) is 0 Å². The molecule has 0 saturated heterocycles. The Morgan fingerprint density at radius 1 is 1.45 bits per heavy atom. The van der Waals surface area contributed by atoms with E-state index in [9.17, 15) is 10.1 Å². The van der Waals surface area contributed by atoms with Gasteiger partial charge in [0.15, 0.2) is 5.78 Å². The van der Waals surface area contributed by atoms with Gasteiger partial charge in [-0.1, -0.05) is 12.1 Å². The van der Waals surface area contributed by atoms with Crippen molar-refractivity contribution in [2.24, 2.45) is 0 Å². The molecule has 1 unspecified atom stereocenters. The fourth-order valence-electron chi connectivity index (χ4n) is 1.83. The van der Waals surface area contributed by atoms with Gasteiger partial charge in [-0.25, -0.2) is 4.98 Å². The van der Waals surface area contributed by atoms with Gasteiger partial charge in [0, 0.05) is 6.20 Å². The smallest absolute Gasteiger partial charge is 0.195 e. The van der Waals surface area contributed by atoms with E-state index in [-0.39, 0.29) is 5.78 Å². The molecule has 1 atom stereocenters. The third kappa shape index (κ3) is 3.03. The lowest BCUT2D eigenvalue weighted by atomic mass is 9.95. The molecule has 0 fully saturated rings. The van der Waals surface area contributed by atoms with E-state index in [4.69, 9.17) is 4.74 Å². The number of aromatic nitrogens is 1. The molecule has 0 aliphatic carbocycles. The summed E-state index contributed by atoms with van der Waals surface area (Å²) in [6.07, 6.45) is 1.53. The highest BCUT2D eigenvalue weighted by atomic mass is 32.1. The zero-order chi connectivity index (χ0) is 14.5. The molecule has 102 valence electrons. The maximum Gasteiger partial charge on any atom is 0.195 e. The van der Waals surface area contributed by atoms with Crippen LogP contribution in [0.5, 0.6) is 5.75 Å². The van der Waals surface area contributed by atoms with Crippen molar-refractivity contribution in [3.8, 4) is 11.8 Å². The molecule has 0 saturated carbocycles. The topological polar surface area (TPSA) is 63.0 Å². The van der Waals surface area contributed by atoms with Gasteiger partial charge in [0.1, 0.15) is 11.7 Å². The molecule has 1 aromatic heterocycles. The number of hydrogen-bond donors (Lipinski definition) is 0. The summed E-state index contributed by atoms with van der Waals surface area (Å²) in [4.78, 5) is 16.9. The van der Waals surface area contributed by atoms with Gasteiger partial charge >= 0.3 is 0 Å². The first-order chi connectivity index (χ1) is 9.65. The summed E-state index contributed by atoms with van der Waals surface area (Å²) in [7, 11) is 0. The molecule has 0 amide bonds. The van der Waals surface area contributed by atoms with Crippen molar-refractivity contribution < 1.29 is 9.53 Å². The minimum atomic E-state index is -0.800. The van der Waals surface area contributed by atoms with Crippen LogP contribution in [0.25, 0.3) is 0 Å². The number of hydrogen-bond acceptors (Lipinski definition) is 5. The van der Waals surface area contributed by atoms with Crippen LogP contribution in [0.2, 0.25) is 0 Å². The van der Waals surface area contributed by atoms with Gasteiger partial charge in [0.05, 0.1) is 22.6 Å². The molecule has 2 rings (SSSR count). The van der Waals surface area contributed by atoms with Gasteiger partial charge in [-0.3, -0.25) is 4.79 Å². The molecular formula is C15H14N2O2S. The van der Waals surface area contributed by atoms with E-state index >= 15 is 0 Å². The van der Waals surface area contributed by atoms with E-state index in [1.807, 2.05) is 13.8 Å². The van der Waals surface area contributed by atoms with Crippen LogP contribution in [0.1, 0.15) is 33.1 Å². The highest BCUT2D eigenvalue weighted by Gasteiger charge is 2.23. The highest BCUT2D eigenvalue weighted by Crippen LogP contribution is 2.25. The minimum Gasteiger partial charge on any atom is -0.494 e. The number of benzene rings is 1. The second-order valence-electron chi connectivity index (χ2n) is 4.17. The fraction of sp³-hybridized carbons (Fsp3) is 0.267. The van der Waals surface area contributed by atoms with Crippen LogP contribution in [0.15, 0.2) is 30.5 Å². The first-order valence-electron chi connectivity index (χ1n) is 6.24. The molecule has 0 aliphatic heterocycles. The maximum absolute atomic E-state index is 12.3. The van der Waals surface area contributed by atoms with Crippen molar-refractivity contribution in [1.29, 1.82) is 5.26 Å². The van der Waals surface area contributed by atoms with Gasteiger partial charge in [-0.2, -0.15) is 5.26 Å². The lowest BCUT2D eigenvalue weighted by molar-refractivity contribution is 0.0982. The predicted molar refractivity (Wildman–Crippen MR) is 77.1 cm³/mol. The van der Waals surface area contributed by atoms with Crippen LogP contribution >= 0.6 is 11.3 Å². The Morgan fingerprint density at radius 3 is 2.65 bits per heavy atom. The zero-order valence-electron chi connectivity index (χ0n) is 11.3. The number of ketones is 1. The molecule has 1 heterocycles. The third-order valence-electron chi connectivity index (χ3n) is 2.78. The maximum atomic E-state index is 12.3. The summed E-state index contributed by atoms with van der Waals surface area (Å²) in [5.74, 6) is -0.276. The summed E-state index contributed by atoms with van der Waals surface area (Å²) in [6.45, 7) is 4.32. The number of rotatable bonds is 5. The lowest BCUT2D eigenvalue weighted by Crippen LogP contribution is -2.09. The Morgan fingerprint density at radius 2 is 2.15 bits per heavy atom. The number of ether oxygens (including phenoxy) is 1. The molecule has 2 aromatic rings. The Kier molecular flexibility index (Phi) is 4.49. The molecule has 0 radical (unpaired) electrons. The lowest BCUT2D eigenvalue weighted by Gasteiger charge is -2.08. The minimum absolute atomic E-state index is 0.206. The second kappa shape index (κ2) is 6.31. The van der Waals surface area contributed by atoms with Gasteiger partial charge in [0.2, 0.25) is 0 Å². The predicted octanol–water partition coefficient (Wildman–Crippen LogP) is 3.34. The SMILES string of the molecule is CCOc1ccc(C(C#N)C(=O)c2cnc(C)s2)cc1. The van der Waals surface area contributed by atoms with E-state index in [2.05, 4.69) is 11.1 Å². The third-order valence-corrected chi connectivity index (χ3v) is 3.71. The summed E-state index contributed by atoms with van der Waals surface area (Å²) in [6, 6.07) is 9.12. The fourth-order valence-corrected chi connectivity index (χ4v) is 2.57. The molecule has 0 spiro atoms. The Hall–Kier alpha value is -2.19. The molecule has 0 aliphatic rings. The largest absolute Gasteiger partial charge is 0.494 e. The van der Waals surface area contributed by atoms with Crippen molar-refractivity contribution >= 4 is 17.1 Å². The summed E-state index contributed by atoms with van der Waals surface area (Å²) >= 11 is 1.31. The molecule has 1 aromatic carbocycles.